The molecule has 10 heteroatoms. The van der Waals surface area contributed by atoms with E-state index in [2.05, 4.69) is 15.1 Å². The molecule has 2 N–H and O–H groups in total. The third kappa shape index (κ3) is 6.36. The van der Waals surface area contributed by atoms with Crippen LogP contribution in [0.2, 0.25) is 5.02 Å². The van der Waals surface area contributed by atoms with Gasteiger partial charge in [-0.05, 0) is 24.6 Å². The molecule has 0 aromatic heterocycles. The molecule has 0 aliphatic carbocycles. The number of morpholine rings is 1. The second-order valence-corrected chi connectivity index (χ2v) is 9.69. The fourth-order valence-electron chi connectivity index (χ4n) is 4.89. The zero-order valence-electron chi connectivity index (χ0n) is 19.3. The molecule has 3 aliphatic rings. The zero-order valence-corrected chi connectivity index (χ0v) is 20.0. The van der Waals surface area contributed by atoms with Gasteiger partial charge in [-0.25, -0.2) is 0 Å². The number of nitrogens with zero attached hydrogens (tertiary/aromatic N) is 4. The number of likely N-dealkylation sites (tertiary alicyclic amines) is 1. The number of piperazine rings is 1. The first kappa shape index (κ1) is 24.2. The van der Waals surface area contributed by atoms with Gasteiger partial charge in [0.2, 0.25) is 11.8 Å². The van der Waals surface area contributed by atoms with Crippen molar-refractivity contribution >= 4 is 34.8 Å². The number of carbonyl (C=O) groups excluding carboxylic acids is 2. The summed E-state index contributed by atoms with van der Waals surface area (Å²) < 4.78 is 5.39. The number of anilines is 2. The Hall–Kier alpha value is -1.91. The maximum absolute atomic E-state index is 12.6. The molecule has 1 atom stereocenters. The quantitative estimate of drug-likeness (QED) is 0.621. The lowest BCUT2D eigenvalue weighted by molar-refractivity contribution is -0.130. The first-order valence-corrected chi connectivity index (χ1v) is 12.0. The molecule has 3 aliphatic heterocycles. The normalized spacial score (nSPS) is 24.8. The molecule has 9 nitrogen and oxygen atoms in total. The first-order valence-electron chi connectivity index (χ1n) is 11.7. The standard InChI is InChI=1S/C23H34ClN5O4/c1-18(30)28-8-6-26(7-9-28)16-23(32)4-5-27(17-23)15-22(31)25-19-2-3-21(20(24)14-19)29-10-12-33-13-11-29/h2-3,14,32H,4-13,15-17H2,1H3,(H,25,31). The lowest BCUT2D eigenvalue weighted by atomic mass is 10.0. The molecular formula is C23H34ClN5O4. The van der Waals surface area contributed by atoms with Crippen LogP contribution in [0.1, 0.15) is 13.3 Å². The minimum Gasteiger partial charge on any atom is -0.387 e. The van der Waals surface area contributed by atoms with Crippen molar-refractivity contribution in [1.82, 2.24) is 14.7 Å². The van der Waals surface area contributed by atoms with Gasteiger partial charge in [0, 0.05) is 71.5 Å². The highest BCUT2D eigenvalue weighted by atomic mass is 35.5. The average Bonchev–Trinajstić information content (AvgIpc) is 3.14. The summed E-state index contributed by atoms with van der Waals surface area (Å²) in [5, 5.41) is 14.6. The number of amides is 2. The van der Waals surface area contributed by atoms with Crippen molar-refractivity contribution in [3.05, 3.63) is 23.2 Å². The van der Waals surface area contributed by atoms with Crippen LogP contribution in [0.4, 0.5) is 11.4 Å². The largest absolute Gasteiger partial charge is 0.387 e. The van der Waals surface area contributed by atoms with E-state index in [1.54, 1.807) is 13.0 Å². The number of nitrogens with one attached hydrogen (secondary N) is 1. The molecule has 0 radical (unpaired) electrons. The molecule has 3 fully saturated rings. The third-order valence-electron chi connectivity index (χ3n) is 6.70. The smallest absolute Gasteiger partial charge is 0.238 e. The van der Waals surface area contributed by atoms with E-state index < -0.39 is 5.60 Å². The fourth-order valence-corrected chi connectivity index (χ4v) is 5.19. The maximum atomic E-state index is 12.6. The average molecular weight is 480 g/mol. The number of hydrogen-bond donors (Lipinski definition) is 2. The van der Waals surface area contributed by atoms with Gasteiger partial charge in [0.25, 0.3) is 0 Å². The molecule has 1 unspecified atom stereocenters. The number of hydrogen-bond acceptors (Lipinski definition) is 7. The molecule has 3 heterocycles. The first-order chi connectivity index (χ1) is 15.8. The van der Waals surface area contributed by atoms with Crippen LogP contribution in [0.25, 0.3) is 0 Å². The summed E-state index contributed by atoms with van der Waals surface area (Å²) >= 11 is 6.47. The van der Waals surface area contributed by atoms with Gasteiger partial charge in [-0.1, -0.05) is 11.6 Å². The predicted molar refractivity (Wildman–Crippen MR) is 128 cm³/mol. The van der Waals surface area contributed by atoms with Crippen LogP contribution in [-0.2, 0) is 14.3 Å². The third-order valence-corrected chi connectivity index (χ3v) is 7.00. The van der Waals surface area contributed by atoms with Crippen molar-refractivity contribution < 1.29 is 19.4 Å². The molecule has 3 saturated heterocycles. The summed E-state index contributed by atoms with van der Waals surface area (Å²) in [5.74, 6) is -0.0204. The second-order valence-electron chi connectivity index (χ2n) is 9.28. The predicted octanol–water partition coefficient (Wildman–Crippen LogP) is 0.716. The molecule has 1 aromatic carbocycles. The highest BCUT2D eigenvalue weighted by molar-refractivity contribution is 6.33. The van der Waals surface area contributed by atoms with Crippen molar-refractivity contribution in [2.24, 2.45) is 0 Å². The minimum atomic E-state index is -0.832. The van der Waals surface area contributed by atoms with Crippen molar-refractivity contribution in [1.29, 1.82) is 0 Å². The molecule has 0 bridgehead atoms. The Kier molecular flexibility index (Phi) is 7.76. The van der Waals surface area contributed by atoms with Gasteiger partial charge in [-0.3, -0.25) is 19.4 Å². The Labute approximate surface area is 200 Å². The number of halogens is 1. The number of aliphatic hydroxyl groups is 1. The zero-order chi connectivity index (χ0) is 23.4. The van der Waals surface area contributed by atoms with E-state index in [-0.39, 0.29) is 18.4 Å². The molecular weight excluding hydrogens is 446 g/mol. The summed E-state index contributed by atoms with van der Waals surface area (Å²) in [5.41, 5.74) is 0.786. The Morgan fingerprint density at radius 2 is 1.82 bits per heavy atom. The van der Waals surface area contributed by atoms with Gasteiger partial charge >= 0.3 is 0 Å². The van der Waals surface area contributed by atoms with Crippen LogP contribution >= 0.6 is 11.6 Å². The summed E-state index contributed by atoms with van der Waals surface area (Å²) in [6.45, 7) is 9.43. The van der Waals surface area contributed by atoms with Gasteiger partial charge in [-0.15, -0.1) is 0 Å². The number of ether oxygens (including phenoxy) is 1. The second kappa shape index (κ2) is 10.6. The van der Waals surface area contributed by atoms with Crippen molar-refractivity contribution in [3.8, 4) is 0 Å². The van der Waals surface area contributed by atoms with Crippen LogP contribution in [-0.4, -0.2) is 116 Å². The van der Waals surface area contributed by atoms with Crippen LogP contribution in [0.5, 0.6) is 0 Å². The molecule has 182 valence electrons. The fraction of sp³-hybridized carbons (Fsp3) is 0.652. The van der Waals surface area contributed by atoms with E-state index in [0.717, 1.165) is 31.9 Å². The van der Waals surface area contributed by atoms with Gasteiger partial charge < -0.3 is 25.0 Å². The Bertz CT molecular complexity index is 857. The van der Waals surface area contributed by atoms with E-state index in [9.17, 15) is 14.7 Å². The Morgan fingerprint density at radius 3 is 2.48 bits per heavy atom. The molecule has 0 spiro atoms. The van der Waals surface area contributed by atoms with Crippen molar-refractivity contribution in [3.63, 3.8) is 0 Å². The van der Waals surface area contributed by atoms with Gasteiger partial charge in [-0.2, -0.15) is 0 Å². The number of β-amino-alcohol motifs (C(OH)–C–C–N with tert-alkyl or cyclic N) is 1. The topological polar surface area (TPSA) is 88.6 Å². The number of rotatable bonds is 6. The van der Waals surface area contributed by atoms with Crippen LogP contribution in [0.3, 0.4) is 0 Å². The highest BCUT2D eigenvalue weighted by Gasteiger charge is 2.38. The summed E-state index contributed by atoms with van der Waals surface area (Å²) in [6, 6.07) is 5.59. The van der Waals surface area contributed by atoms with E-state index in [0.29, 0.717) is 63.1 Å². The van der Waals surface area contributed by atoms with E-state index >= 15 is 0 Å². The summed E-state index contributed by atoms with van der Waals surface area (Å²) in [6.07, 6.45) is 0.632. The van der Waals surface area contributed by atoms with E-state index in [1.807, 2.05) is 21.9 Å². The van der Waals surface area contributed by atoms with Crippen molar-refractivity contribution in [2.45, 2.75) is 18.9 Å². The summed E-state index contributed by atoms with van der Waals surface area (Å²) in [4.78, 5) is 32.3. The highest BCUT2D eigenvalue weighted by Crippen LogP contribution is 2.29. The lowest BCUT2D eigenvalue weighted by Gasteiger charge is -2.38. The van der Waals surface area contributed by atoms with E-state index in [4.69, 9.17) is 16.3 Å². The molecule has 33 heavy (non-hydrogen) atoms. The van der Waals surface area contributed by atoms with Crippen molar-refractivity contribution in [2.75, 3.05) is 88.9 Å². The Balaban J connectivity index is 1.24. The Morgan fingerprint density at radius 1 is 1.09 bits per heavy atom. The van der Waals surface area contributed by atoms with Gasteiger partial charge in [0.1, 0.15) is 0 Å². The number of carbonyl (C=O) groups is 2. The molecule has 4 rings (SSSR count). The molecule has 2 amide bonds. The monoisotopic (exact) mass is 479 g/mol. The van der Waals surface area contributed by atoms with Crippen LogP contribution in [0, 0.1) is 0 Å². The van der Waals surface area contributed by atoms with Gasteiger partial charge in [0.05, 0.1) is 36.1 Å². The number of benzene rings is 1. The van der Waals surface area contributed by atoms with Crippen LogP contribution in [0.15, 0.2) is 18.2 Å². The molecule has 1 aromatic rings. The maximum Gasteiger partial charge on any atom is 0.238 e. The lowest BCUT2D eigenvalue weighted by Crippen LogP contribution is -2.53. The van der Waals surface area contributed by atoms with Gasteiger partial charge in [0.15, 0.2) is 0 Å². The molecule has 0 saturated carbocycles. The summed E-state index contributed by atoms with van der Waals surface area (Å²) in [7, 11) is 0. The van der Waals surface area contributed by atoms with Crippen LogP contribution < -0.4 is 10.2 Å². The van der Waals surface area contributed by atoms with E-state index in [1.165, 1.54) is 0 Å². The minimum absolute atomic E-state index is 0.100. The SMILES string of the molecule is CC(=O)N1CCN(CC2(O)CCN(CC(=O)Nc3ccc(N4CCOCC4)c(Cl)c3)C2)CC1.